The summed E-state index contributed by atoms with van der Waals surface area (Å²) < 4.78 is 33.5. The standard InChI is InChI=1S/C13H27N3O3S/c1-14(2)10-12-6-5-7-13(19-12)8-9-16(11-13)20(17,18)15(3)4/h12H,5-11H2,1-4H3/t12-,13-/m0/s1. The van der Waals surface area contributed by atoms with Gasteiger partial charge in [0.25, 0.3) is 10.2 Å². The van der Waals surface area contributed by atoms with Crippen LogP contribution in [0.2, 0.25) is 0 Å². The zero-order chi connectivity index (χ0) is 15.0. The van der Waals surface area contributed by atoms with E-state index >= 15 is 0 Å². The first-order chi connectivity index (χ1) is 9.25. The molecule has 2 rings (SSSR count). The van der Waals surface area contributed by atoms with Crippen LogP contribution in [0.25, 0.3) is 0 Å². The van der Waals surface area contributed by atoms with E-state index in [1.54, 1.807) is 18.4 Å². The van der Waals surface area contributed by atoms with Crippen LogP contribution in [-0.2, 0) is 14.9 Å². The molecule has 0 amide bonds. The molecule has 2 aliphatic heterocycles. The lowest BCUT2D eigenvalue weighted by Crippen LogP contribution is -2.47. The van der Waals surface area contributed by atoms with Crippen molar-refractivity contribution in [3.05, 3.63) is 0 Å². The minimum Gasteiger partial charge on any atom is -0.369 e. The fourth-order valence-corrected chi connectivity index (χ4v) is 4.38. The molecule has 0 N–H and O–H groups in total. The maximum Gasteiger partial charge on any atom is 0.281 e. The van der Waals surface area contributed by atoms with Crippen LogP contribution in [0.5, 0.6) is 0 Å². The van der Waals surface area contributed by atoms with Crippen LogP contribution in [-0.4, -0.2) is 81.5 Å². The van der Waals surface area contributed by atoms with Crippen molar-refractivity contribution in [1.29, 1.82) is 0 Å². The average molecular weight is 305 g/mol. The van der Waals surface area contributed by atoms with Gasteiger partial charge in [-0.3, -0.25) is 0 Å². The van der Waals surface area contributed by atoms with Gasteiger partial charge < -0.3 is 9.64 Å². The summed E-state index contributed by atoms with van der Waals surface area (Å²) in [6.45, 7) is 1.97. The van der Waals surface area contributed by atoms with Gasteiger partial charge in [0.05, 0.1) is 11.7 Å². The van der Waals surface area contributed by atoms with E-state index in [4.69, 9.17) is 4.74 Å². The van der Waals surface area contributed by atoms with E-state index in [9.17, 15) is 8.42 Å². The summed E-state index contributed by atoms with van der Waals surface area (Å²) in [6.07, 6.45) is 4.19. The van der Waals surface area contributed by atoms with E-state index in [2.05, 4.69) is 4.90 Å². The molecule has 7 heteroatoms. The van der Waals surface area contributed by atoms with E-state index in [1.165, 1.54) is 4.31 Å². The number of likely N-dealkylation sites (N-methyl/N-ethyl adjacent to an activating group) is 1. The predicted molar refractivity (Wildman–Crippen MR) is 78.8 cm³/mol. The van der Waals surface area contributed by atoms with Crippen LogP contribution >= 0.6 is 0 Å². The lowest BCUT2D eigenvalue weighted by Gasteiger charge is -2.39. The Labute approximate surface area is 122 Å². The van der Waals surface area contributed by atoms with Crippen molar-refractivity contribution >= 4 is 10.2 Å². The van der Waals surface area contributed by atoms with Gasteiger partial charge >= 0.3 is 0 Å². The molecule has 2 fully saturated rings. The second kappa shape index (κ2) is 5.88. The topological polar surface area (TPSA) is 53.1 Å². The number of rotatable bonds is 4. The molecule has 0 aromatic heterocycles. The fourth-order valence-electron chi connectivity index (χ4n) is 3.20. The molecule has 0 unspecified atom stereocenters. The minimum atomic E-state index is -3.32. The first-order valence-corrected chi connectivity index (χ1v) is 8.65. The largest absolute Gasteiger partial charge is 0.369 e. The highest BCUT2D eigenvalue weighted by Crippen LogP contribution is 2.37. The van der Waals surface area contributed by atoms with Crippen molar-refractivity contribution in [1.82, 2.24) is 13.5 Å². The zero-order valence-electron chi connectivity index (χ0n) is 13.0. The smallest absolute Gasteiger partial charge is 0.281 e. The Morgan fingerprint density at radius 2 is 1.95 bits per heavy atom. The third-order valence-electron chi connectivity index (χ3n) is 4.21. The molecule has 2 atom stereocenters. The van der Waals surface area contributed by atoms with Gasteiger partial charge in [-0.15, -0.1) is 0 Å². The van der Waals surface area contributed by atoms with Crippen molar-refractivity contribution in [2.45, 2.75) is 37.4 Å². The van der Waals surface area contributed by atoms with Crippen molar-refractivity contribution in [3.8, 4) is 0 Å². The van der Waals surface area contributed by atoms with Crippen LogP contribution in [0.15, 0.2) is 0 Å². The molecule has 0 radical (unpaired) electrons. The molecule has 0 aromatic carbocycles. The lowest BCUT2D eigenvalue weighted by atomic mass is 9.90. The fraction of sp³-hybridized carbons (Fsp3) is 1.00. The Morgan fingerprint density at radius 3 is 2.55 bits per heavy atom. The first kappa shape index (κ1) is 16.2. The average Bonchev–Trinajstić information content (AvgIpc) is 2.72. The molecule has 2 saturated heterocycles. The molecule has 6 nitrogen and oxygen atoms in total. The van der Waals surface area contributed by atoms with E-state index in [0.717, 1.165) is 32.2 Å². The normalized spacial score (nSPS) is 32.6. The zero-order valence-corrected chi connectivity index (χ0v) is 13.8. The van der Waals surface area contributed by atoms with Gasteiger partial charge in [-0.25, -0.2) is 0 Å². The quantitative estimate of drug-likeness (QED) is 0.753. The molecule has 0 saturated carbocycles. The Hall–Kier alpha value is -0.210. The molecule has 2 aliphatic rings. The summed E-state index contributed by atoms with van der Waals surface area (Å²) in [6, 6.07) is 0. The van der Waals surface area contributed by atoms with E-state index in [0.29, 0.717) is 13.1 Å². The monoisotopic (exact) mass is 305 g/mol. The van der Waals surface area contributed by atoms with E-state index < -0.39 is 10.2 Å². The minimum absolute atomic E-state index is 0.223. The SMILES string of the molecule is CN(C)C[C@@H]1CCC[C@@]2(CCN(S(=O)(=O)N(C)C)C2)O1. The number of hydrogen-bond acceptors (Lipinski definition) is 4. The van der Waals surface area contributed by atoms with E-state index in [1.807, 2.05) is 14.1 Å². The van der Waals surface area contributed by atoms with Crippen molar-refractivity contribution in [2.24, 2.45) is 0 Å². The third-order valence-corrected chi connectivity index (χ3v) is 6.10. The summed E-state index contributed by atoms with van der Waals surface area (Å²) in [7, 11) is 3.93. The van der Waals surface area contributed by atoms with Crippen LogP contribution in [0.3, 0.4) is 0 Å². The summed E-state index contributed by atoms with van der Waals surface area (Å²) in [5, 5.41) is 0. The van der Waals surface area contributed by atoms with Gasteiger partial charge in [0.1, 0.15) is 0 Å². The van der Waals surface area contributed by atoms with Gasteiger partial charge in [0.2, 0.25) is 0 Å². The lowest BCUT2D eigenvalue weighted by molar-refractivity contribution is -0.123. The van der Waals surface area contributed by atoms with Gasteiger partial charge in [0.15, 0.2) is 0 Å². The van der Waals surface area contributed by atoms with Crippen molar-refractivity contribution in [3.63, 3.8) is 0 Å². The number of nitrogens with zero attached hydrogens (tertiary/aromatic N) is 3. The molecule has 0 aromatic rings. The molecule has 118 valence electrons. The summed E-state index contributed by atoms with van der Waals surface area (Å²) in [5.74, 6) is 0. The molecule has 0 aliphatic carbocycles. The van der Waals surface area contributed by atoms with Crippen LogP contribution in [0.4, 0.5) is 0 Å². The van der Waals surface area contributed by atoms with Gasteiger partial charge in [0, 0.05) is 33.7 Å². The predicted octanol–water partition coefficient (Wildman–Crippen LogP) is 0.368. The van der Waals surface area contributed by atoms with Crippen LogP contribution in [0, 0.1) is 0 Å². The Morgan fingerprint density at radius 1 is 1.25 bits per heavy atom. The number of ether oxygens (including phenoxy) is 1. The van der Waals surface area contributed by atoms with Crippen molar-refractivity contribution in [2.75, 3.05) is 47.8 Å². The molecule has 0 bridgehead atoms. The highest BCUT2D eigenvalue weighted by Gasteiger charge is 2.46. The Kier molecular flexibility index (Phi) is 4.76. The maximum atomic E-state index is 12.2. The van der Waals surface area contributed by atoms with Gasteiger partial charge in [-0.1, -0.05) is 0 Å². The summed E-state index contributed by atoms with van der Waals surface area (Å²) in [4.78, 5) is 2.13. The molecule has 1 spiro atoms. The Bertz CT molecular complexity index is 438. The summed E-state index contributed by atoms with van der Waals surface area (Å²) >= 11 is 0. The van der Waals surface area contributed by atoms with Gasteiger partial charge in [-0.2, -0.15) is 17.0 Å². The molecular weight excluding hydrogens is 278 g/mol. The van der Waals surface area contributed by atoms with Crippen molar-refractivity contribution < 1.29 is 13.2 Å². The summed E-state index contributed by atoms with van der Waals surface area (Å²) in [5.41, 5.74) is -0.262. The Balaban J connectivity index is 2.03. The third kappa shape index (κ3) is 3.33. The maximum absolute atomic E-state index is 12.2. The second-order valence-corrected chi connectivity index (χ2v) is 8.59. The van der Waals surface area contributed by atoms with Crippen LogP contribution in [0.1, 0.15) is 25.7 Å². The van der Waals surface area contributed by atoms with Crippen LogP contribution < -0.4 is 0 Å². The molecule has 2 heterocycles. The van der Waals surface area contributed by atoms with E-state index in [-0.39, 0.29) is 11.7 Å². The van der Waals surface area contributed by atoms with Gasteiger partial charge in [-0.05, 0) is 39.8 Å². The first-order valence-electron chi connectivity index (χ1n) is 7.25. The highest BCUT2D eigenvalue weighted by atomic mass is 32.2. The molecule has 20 heavy (non-hydrogen) atoms. The number of hydrogen-bond donors (Lipinski definition) is 0. The second-order valence-electron chi connectivity index (χ2n) is 6.45. The highest BCUT2D eigenvalue weighted by molar-refractivity contribution is 7.86. The molecular formula is C13H27N3O3S.